The summed E-state index contributed by atoms with van der Waals surface area (Å²) in [5.41, 5.74) is 2.65. The zero-order valence-corrected chi connectivity index (χ0v) is 13.5. The first-order chi connectivity index (χ1) is 11.0. The summed E-state index contributed by atoms with van der Waals surface area (Å²) in [6.07, 6.45) is 11.3. The van der Waals surface area contributed by atoms with Gasteiger partial charge in [-0.15, -0.1) is 0 Å². The van der Waals surface area contributed by atoms with Crippen LogP contribution < -0.4 is 4.74 Å². The van der Waals surface area contributed by atoms with Crippen molar-refractivity contribution in [1.82, 2.24) is 0 Å². The second kappa shape index (κ2) is 5.26. The lowest BCUT2D eigenvalue weighted by atomic mass is 9.55. The van der Waals surface area contributed by atoms with E-state index in [0.29, 0.717) is 17.8 Å². The van der Waals surface area contributed by atoms with Gasteiger partial charge in [-0.3, -0.25) is 0 Å². The molecule has 4 rings (SSSR count). The summed E-state index contributed by atoms with van der Waals surface area (Å²) in [6, 6.07) is 6.22. The standard InChI is InChI=1S/C20H24O3/c1-3-23-13-5-7-14-12(10-13)4-6-16-15(14)8-9-20(2)17(16)11-18(21)19(20)22/h1,5,7,10,15-19,21-22H,4,6,8-9,11H2,2H3/t15-,16-,17+,18-,19+,20+/m1/s1. The van der Waals surface area contributed by atoms with Crippen LogP contribution in [0.2, 0.25) is 0 Å². The average molecular weight is 312 g/mol. The first kappa shape index (κ1) is 15.1. The van der Waals surface area contributed by atoms with Gasteiger partial charge in [-0.2, -0.15) is 0 Å². The van der Waals surface area contributed by atoms with Crippen molar-refractivity contribution < 1.29 is 14.9 Å². The number of hydrogen-bond donors (Lipinski definition) is 2. The Morgan fingerprint density at radius 1 is 1.30 bits per heavy atom. The van der Waals surface area contributed by atoms with Gasteiger partial charge in [-0.1, -0.05) is 19.4 Å². The van der Waals surface area contributed by atoms with E-state index in [-0.39, 0.29) is 5.41 Å². The van der Waals surface area contributed by atoms with Crippen LogP contribution in [0.3, 0.4) is 0 Å². The molecule has 3 heteroatoms. The van der Waals surface area contributed by atoms with Crippen molar-refractivity contribution in [2.45, 2.75) is 57.2 Å². The molecule has 0 amide bonds. The van der Waals surface area contributed by atoms with Crippen LogP contribution in [0.4, 0.5) is 0 Å². The van der Waals surface area contributed by atoms with Gasteiger partial charge >= 0.3 is 0 Å². The molecule has 2 N–H and O–H groups in total. The molecule has 0 heterocycles. The van der Waals surface area contributed by atoms with E-state index < -0.39 is 12.2 Å². The highest BCUT2D eigenvalue weighted by atomic mass is 16.5. The van der Waals surface area contributed by atoms with Crippen molar-refractivity contribution in [2.75, 3.05) is 0 Å². The van der Waals surface area contributed by atoms with Gasteiger partial charge in [-0.25, -0.2) is 0 Å². The predicted molar refractivity (Wildman–Crippen MR) is 87.9 cm³/mol. The Kier molecular flexibility index (Phi) is 3.44. The molecule has 0 bridgehead atoms. The van der Waals surface area contributed by atoms with Crippen molar-refractivity contribution in [1.29, 1.82) is 0 Å². The normalized spacial score (nSPS) is 41.4. The Morgan fingerprint density at radius 2 is 2.13 bits per heavy atom. The maximum atomic E-state index is 10.4. The highest BCUT2D eigenvalue weighted by Crippen LogP contribution is 2.60. The minimum Gasteiger partial charge on any atom is -0.408 e. The summed E-state index contributed by atoms with van der Waals surface area (Å²) in [6.45, 7) is 2.17. The molecule has 2 fully saturated rings. The van der Waals surface area contributed by atoms with E-state index in [1.807, 2.05) is 6.07 Å². The second-order valence-electron chi connectivity index (χ2n) is 7.79. The lowest BCUT2D eigenvalue weighted by Gasteiger charge is -2.49. The van der Waals surface area contributed by atoms with Crippen LogP contribution >= 0.6 is 0 Å². The number of terminal acetylenes is 1. The molecule has 0 radical (unpaired) electrons. The summed E-state index contributed by atoms with van der Waals surface area (Å²) >= 11 is 0. The van der Waals surface area contributed by atoms with Gasteiger partial charge in [0, 0.05) is 0 Å². The lowest BCUT2D eigenvalue weighted by Crippen LogP contribution is -2.44. The molecule has 3 nitrogen and oxygen atoms in total. The summed E-state index contributed by atoms with van der Waals surface area (Å²) < 4.78 is 5.18. The fourth-order valence-electron chi connectivity index (χ4n) is 5.68. The first-order valence-corrected chi connectivity index (χ1v) is 8.66. The van der Waals surface area contributed by atoms with Crippen molar-refractivity contribution in [2.24, 2.45) is 17.3 Å². The Hall–Kier alpha value is -1.50. The molecule has 1 aromatic rings. The average Bonchev–Trinajstić information content (AvgIpc) is 2.78. The van der Waals surface area contributed by atoms with Crippen molar-refractivity contribution in [3.8, 4) is 18.3 Å². The van der Waals surface area contributed by atoms with E-state index in [0.717, 1.165) is 37.9 Å². The van der Waals surface area contributed by atoms with E-state index in [1.54, 1.807) is 0 Å². The molecule has 3 aliphatic carbocycles. The molecular formula is C20H24O3. The van der Waals surface area contributed by atoms with Gasteiger partial charge in [-0.05, 0) is 78.5 Å². The molecule has 6 atom stereocenters. The topological polar surface area (TPSA) is 49.7 Å². The monoisotopic (exact) mass is 312 g/mol. The summed E-state index contributed by atoms with van der Waals surface area (Å²) in [5, 5.41) is 20.6. The van der Waals surface area contributed by atoms with Gasteiger partial charge in [0.15, 0.2) is 0 Å². The number of hydrogen-bond acceptors (Lipinski definition) is 3. The van der Waals surface area contributed by atoms with Crippen molar-refractivity contribution in [3.05, 3.63) is 29.3 Å². The number of aliphatic hydroxyl groups is 2. The molecule has 122 valence electrons. The molecule has 1 aromatic carbocycles. The van der Waals surface area contributed by atoms with Gasteiger partial charge in [0.05, 0.1) is 12.2 Å². The Balaban J connectivity index is 1.66. The van der Waals surface area contributed by atoms with Crippen LogP contribution in [0.5, 0.6) is 5.75 Å². The zero-order valence-electron chi connectivity index (χ0n) is 13.5. The zero-order chi connectivity index (χ0) is 16.2. The molecule has 0 spiro atoms. The number of aryl methyl sites for hydroxylation is 1. The highest BCUT2D eigenvalue weighted by molar-refractivity contribution is 5.41. The fraction of sp³-hybridized carbons (Fsp3) is 0.600. The van der Waals surface area contributed by atoms with E-state index in [4.69, 9.17) is 11.2 Å². The van der Waals surface area contributed by atoms with Crippen LogP contribution in [0.1, 0.15) is 49.7 Å². The summed E-state index contributed by atoms with van der Waals surface area (Å²) in [7, 11) is 0. The van der Waals surface area contributed by atoms with E-state index in [1.165, 1.54) is 11.1 Å². The molecule has 23 heavy (non-hydrogen) atoms. The van der Waals surface area contributed by atoms with Crippen LogP contribution in [0, 0.1) is 29.8 Å². The minimum absolute atomic E-state index is 0.120. The summed E-state index contributed by atoms with van der Waals surface area (Å²) in [5.74, 6) is 2.26. The third-order valence-electron chi connectivity index (χ3n) is 6.85. The number of benzene rings is 1. The molecule has 0 aromatic heterocycles. The Bertz CT molecular complexity index is 661. The number of fused-ring (bicyclic) bond motifs is 5. The first-order valence-electron chi connectivity index (χ1n) is 8.66. The minimum atomic E-state index is -0.568. The van der Waals surface area contributed by atoms with Crippen molar-refractivity contribution in [3.63, 3.8) is 0 Å². The SMILES string of the molecule is C#COc1ccc2c(c1)CC[C@@H]1[C@@H]2CC[C@]2(C)[C@@H](O)[C@H](O)C[C@@H]12. The molecule has 0 unspecified atom stereocenters. The number of rotatable bonds is 1. The third-order valence-corrected chi connectivity index (χ3v) is 6.85. The van der Waals surface area contributed by atoms with Gasteiger partial charge in [0.2, 0.25) is 0 Å². The maximum absolute atomic E-state index is 10.4. The number of aliphatic hydroxyl groups excluding tert-OH is 2. The summed E-state index contributed by atoms with van der Waals surface area (Å²) in [4.78, 5) is 0. The Morgan fingerprint density at radius 3 is 2.91 bits per heavy atom. The Labute approximate surface area is 137 Å². The number of ether oxygens (including phenoxy) is 1. The molecule has 0 saturated heterocycles. The fourth-order valence-corrected chi connectivity index (χ4v) is 5.68. The smallest absolute Gasteiger partial charge is 0.140 e. The van der Waals surface area contributed by atoms with Gasteiger partial charge in [0.1, 0.15) is 11.9 Å². The molecule has 2 saturated carbocycles. The van der Waals surface area contributed by atoms with Crippen LogP contribution in [0.15, 0.2) is 18.2 Å². The molecule has 3 aliphatic rings. The van der Waals surface area contributed by atoms with Gasteiger partial charge < -0.3 is 14.9 Å². The predicted octanol–water partition coefficient (Wildman–Crippen LogP) is 2.84. The van der Waals surface area contributed by atoms with Gasteiger partial charge in [0.25, 0.3) is 0 Å². The van der Waals surface area contributed by atoms with Crippen LogP contribution in [-0.2, 0) is 6.42 Å². The quantitative estimate of drug-likeness (QED) is 0.784. The van der Waals surface area contributed by atoms with Crippen LogP contribution in [0.25, 0.3) is 0 Å². The highest BCUT2D eigenvalue weighted by Gasteiger charge is 2.57. The maximum Gasteiger partial charge on any atom is 0.140 e. The third kappa shape index (κ3) is 2.12. The van der Waals surface area contributed by atoms with Crippen molar-refractivity contribution >= 4 is 0 Å². The molecule has 0 aliphatic heterocycles. The largest absolute Gasteiger partial charge is 0.408 e. The van der Waals surface area contributed by atoms with Crippen LogP contribution in [-0.4, -0.2) is 22.4 Å². The van der Waals surface area contributed by atoms with E-state index in [2.05, 4.69) is 25.2 Å². The second-order valence-corrected chi connectivity index (χ2v) is 7.79. The lowest BCUT2D eigenvalue weighted by molar-refractivity contribution is -0.0505. The molecular weight excluding hydrogens is 288 g/mol. The van der Waals surface area contributed by atoms with E-state index >= 15 is 0 Å². The van der Waals surface area contributed by atoms with E-state index in [9.17, 15) is 10.2 Å².